The molecule has 96 valence electrons. The van der Waals surface area contributed by atoms with Crippen LogP contribution in [0.4, 0.5) is 18.9 Å². The molecule has 1 N–H and O–H groups in total. The van der Waals surface area contributed by atoms with Gasteiger partial charge in [-0.1, -0.05) is 0 Å². The molecular weight excluding hydrogens is 261 g/mol. The summed E-state index contributed by atoms with van der Waals surface area (Å²) >= 11 is 1.47. The Balaban J connectivity index is 2.22. The van der Waals surface area contributed by atoms with Crippen LogP contribution >= 0.6 is 11.3 Å². The van der Waals surface area contributed by atoms with Gasteiger partial charge in [0.1, 0.15) is 0 Å². The van der Waals surface area contributed by atoms with E-state index in [9.17, 15) is 13.2 Å². The van der Waals surface area contributed by atoms with E-state index in [1.807, 2.05) is 12.3 Å². The van der Waals surface area contributed by atoms with Gasteiger partial charge in [-0.15, -0.1) is 11.3 Å². The molecule has 0 bridgehead atoms. The Kier molecular flexibility index (Phi) is 3.56. The van der Waals surface area contributed by atoms with Crippen molar-refractivity contribution in [2.75, 3.05) is 5.32 Å². The second-order valence-corrected chi connectivity index (χ2v) is 4.94. The van der Waals surface area contributed by atoms with E-state index >= 15 is 0 Å². The van der Waals surface area contributed by atoms with E-state index in [-0.39, 0.29) is 11.7 Å². The average molecular weight is 272 g/mol. The van der Waals surface area contributed by atoms with Crippen molar-refractivity contribution in [1.29, 1.82) is 0 Å². The molecule has 0 aliphatic rings. The number of hydrogen-bond donors (Lipinski definition) is 1. The lowest BCUT2D eigenvalue weighted by atomic mass is 10.2. The molecule has 2 nitrogen and oxygen atoms in total. The van der Waals surface area contributed by atoms with E-state index in [2.05, 4.69) is 10.3 Å². The molecule has 0 spiro atoms. The zero-order valence-electron chi connectivity index (χ0n) is 9.80. The van der Waals surface area contributed by atoms with Gasteiger partial charge in [-0.3, -0.25) is 0 Å². The van der Waals surface area contributed by atoms with Gasteiger partial charge in [-0.2, -0.15) is 0 Å². The first kappa shape index (κ1) is 12.9. The summed E-state index contributed by atoms with van der Waals surface area (Å²) < 4.78 is 39.3. The van der Waals surface area contributed by atoms with Gasteiger partial charge in [0, 0.05) is 5.38 Å². The van der Waals surface area contributed by atoms with E-state index in [4.69, 9.17) is 0 Å². The fourth-order valence-electron chi connectivity index (χ4n) is 1.52. The summed E-state index contributed by atoms with van der Waals surface area (Å²) in [6.07, 6.45) is 0. The SMILES string of the molecule is Cc1nc(C(C)Nc2ccc(F)c(F)c2F)cs1. The first-order valence-electron chi connectivity index (χ1n) is 5.31. The minimum absolute atomic E-state index is 0.0768. The zero-order valence-corrected chi connectivity index (χ0v) is 10.6. The third-order valence-corrected chi connectivity index (χ3v) is 3.28. The number of nitrogens with zero attached hydrogens (tertiary/aromatic N) is 1. The average Bonchev–Trinajstić information content (AvgIpc) is 2.77. The second-order valence-electron chi connectivity index (χ2n) is 3.88. The summed E-state index contributed by atoms with van der Waals surface area (Å²) in [5.74, 6) is -3.88. The van der Waals surface area contributed by atoms with Gasteiger partial charge in [0.15, 0.2) is 17.5 Å². The molecule has 0 aliphatic carbocycles. The predicted molar refractivity (Wildman–Crippen MR) is 65.2 cm³/mol. The maximum Gasteiger partial charge on any atom is 0.196 e. The Bertz CT molecular complexity index is 568. The van der Waals surface area contributed by atoms with E-state index in [0.717, 1.165) is 16.8 Å². The van der Waals surface area contributed by atoms with Crippen molar-refractivity contribution in [2.45, 2.75) is 19.9 Å². The largest absolute Gasteiger partial charge is 0.374 e. The Hall–Kier alpha value is -1.56. The minimum atomic E-state index is -1.47. The summed E-state index contributed by atoms with van der Waals surface area (Å²) in [6, 6.07) is 1.78. The Morgan fingerprint density at radius 1 is 1.22 bits per heavy atom. The van der Waals surface area contributed by atoms with Crippen LogP contribution in [0.2, 0.25) is 0 Å². The van der Waals surface area contributed by atoms with Gasteiger partial charge >= 0.3 is 0 Å². The fourth-order valence-corrected chi connectivity index (χ4v) is 2.23. The van der Waals surface area contributed by atoms with Gasteiger partial charge in [-0.05, 0) is 26.0 Å². The Morgan fingerprint density at radius 3 is 2.56 bits per heavy atom. The summed E-state index contributed by atoms with van der Waals surface area (Å²) in [6.45, 7) is 3.63. The number of nitrogens with one attached hydrogen (secondary N) is 1. The van der Waals surface area contributed by atoms with Crippen LogP contribution in [-0.4, -0.2) is 4.98 Å². The standard InChI is InChI=1S/C12H11F3N2S/c1-6(10-5-18-7(2)17-10)16-9-4-3-8(13)11(14)12(9)15/h3-6,16H,1-2H3. The number of rotatable bonds is 3. The highest BCUT2D eigenvalue weighted by Crippen LogP contribution is 2.25. The van der Waals surface area contributed by atoms with Gasteiger partial charge in [0.25, 0.3) is 0 Å². The van der Waals surface area contributed by atoms with Gasteiger partial charge in [-0.25, -0.2) is 18.2 Å². The predicted octanol–water partition coefficient (Wildman–Crippen LogP) is 4.04. The number of benzene rings is 1. The molecule has 1 unspecified atom stereocenters. The molecule has 0 saturated carbocycles. The highest BCUT2D eigenvalue weighted by molar-refractivity contribution is 7.09. The molecule has 0 aliphatic heterocycles. The third-order valence-electron chi connectivity index (χ3n) is 2.49. The molecular formula is C12H11F3N2S. The van der Waals surface area contributed by atoms with Crippen LogP contribution in [0.5, 0.6) is 0 Å². The van der Waals surface area contributed by atoms with Crippen molar-refractivity contribution in [1.82, 2.24) is 4.98 Å². The zero-order chi connectivity index (χ0) is 13.3. The van der Waals surface area contributed by atoms with Crippen LogP contribution in [0.3, 0.4) is 0 Å². The maximum absolute atomic E-state index is 13.4. The van der Waals surface area contributed by atoms with Crippen molar-refractivity contribution < 1.29 is 13.2 Å². The van der Waals surface area contributed by atoms with Crippen LogP contribution in [0.1, 0.15) is 23.7 Å². The fraction of sp³-hybridized carbons (Fsp3) is 0.250. The second kappa shape index (κ2) is 4.97. The molecule has 0 saturated heterocycles. The van der Waals surface area contributed by atoms with Crippen molar-refractivity contribution in [3.8, 4) is 0 Å². The maximum atomic E-state index is 13.4. The number of aromatic nitrogens is 1. The number of halogens is 3. The molecule has 2 aromatic rings. The number of aryl methyl sites for hydroxylation is 1. The smallest absolute Gasteiger partial charge is 0.196 e. The van der Waals surface area contributed by atoms with Gasteiger partial charge in [0.2, 0.25) is 0 Å². The topological polar surface area (TPSA) is 24.9 Å². The van der Waals surface area contributed by atoms with Crippen LogP contribution < -0.4 is 5.32 Å². The lowest BCUT2D eigenvalue weighted by molar-refractivity contribution is 0.448. The minimum Gasteiger partial charge on any atom is -0.374 e. The van der Waals surface area contributed by atoms with Crippen LogP contribution in [0.25, 0.3) is 0 Å². The first-order chi connectivity index (χ1) is 8.49. The van der Waals surface area contributed by atoms with Crippen molar-refractivity contribution in [3.63, 3.8) is 0 Å². The monoisotopic (exact) mass is 272 g/mol. The van der Waals surface area contributed by atoms with Crippen LogP contribution in [0.15, 0.2) is 17.5 Å². The Labute approximate surface area is 106 Å². The molecule has 1 atom stereocenters. The molecule has 18 heavy (non-hydrogen) atoms. The van der Waals surface area contributed by atoms with E-state index in [0.29, 0.717) is 0 Å². The highest BCUT2D eigenvalue weighted by Gasteiger charge is 2.16. The summed E-state index contributed by atoms with van der Waals surface area (Å²) in [5.41, 5.74) is 0.661. The van der Waals surface area contributed by atoms with E-state index < -0.39 is 17.5 Å². The van der Waals surface area contributed by atoms with Gasteiger partial charge in [0.05, 0.1) is 22.4 Å². The summed E-state index contributed by atoms with van der Waals surface area (Å²) in [4.78, 5) is 4.24. The number of thiazole rings is 1. The number of anilines is 1. The first-order valence-corrected chi connectivity index (χ1v) is 6.19. The summed E-state index contributed by atoms with van der Waals surface area (Å²) in [7, 11) is 0. The molecule has 0 amide bonds. The highest BCUT2D eigenvalue weighted by atomic mass is 32.1. The summed E-state index contributed by atoms with van der Waals surface area (Å²) in [5, 5.41) is 5.50. The third kappa shape index (κ3) is 2.48. The lowest BCUT2D eigenvalue weighted by Crippen LogP contribution is -2.09. The number of hydrogen-bond acceptors (Lipinski definition) is 3. The van der Waals surface area contributed by atoms with E-state index in [1.165, 1.54) is 17.4 Å². The molecule has 6 heteroatoms. The molecule has 0 fully saturated rings. The molecule has 1 aromatic heterocycles. The van der Waals surface area contributed by atoms with Crippen molar-refractivity contribution in [2.24, 2.45) is 0 Å². The quantitative estimate of drug-likeness (QED) is 0.853. The van der Waals surface area contributed by atoms with Crippen molar-refractivity contribution in [3.05, 3.63) is 45.7 Å². The lowest BCUT2D eigenvalue weighted by Gasteiger charge is -2.14. The van der Waals surface area contributed by atoms with Crippen molar-refractivity contribution >= 4 is 17.0 Å². The normalized spacial score (nSPS) is 12.5. The molecule has 2 rings (SSSR count). The molecule has 0 radical (unpaired) electrons. The van der Waals surface area contributed by atoms with Crippen LogP contribution in [-0.2, 0) is 0 Å². The van der Waals surface area contributed by atoms with Crippen LogP contribution in [0, 0.1) is 24.4 Å². The Morgan fingerprint density at radius 2 is 1.94 bits per heavy atom. The van der Waals surface area contributed by atoms with Gasteiger partial charge < -0.3 is 5.32 Å². The molecule has 1 aromatic carbocycles. The van der Waals surface area contributed by atoms with E-state index in [1.54, 1.807) is 6.92 Å². The molecule has 1 heterocycles.